The Morgan fingerprint density at radius 3 is 2.09 bits per heavy atom. The van der Waals surface area contributed by atoms with Crippen molar-refractivity contribution in [3.05, 3.63) is 57.9 Å². The third kappa shape index (κ3) is 3.41. The van der Waals surface area contributed by atoms with E-state index < -0.39 is 53.4 Å². The number of fused-ring (bicyclic) bond motifs is 4. The van der Waals surface area contributed by atoms with Crippen LogP contribution in [0.1, 0.15) is 83.1 Å². The fraction of sp³-hybridized carbons (Fsp3) is 0.333. The first-order chi connectivity index (χ1) is 16.4. The zero-order chi connectivity index (χ0) is 25.8. The molecular weight excluding hydrogens is 460 g/mol. The normalized spacial score (nSPS) is 24.4. The van der Waals surface area contributed by atoms with Gasteiger partial charge >= 0.3 is 17.9 Å². The Hall–Kier alpha value is -4.30. The van der Waals surface area contributed by atoms with Crippen molar-refractivity contribution < 1.29 is 43.3 Å². The molecule has 0 amide bonds. The van der Waals surface area contributed by atoms with E-state index in [1.54, 1.807) is 12.1 Å². The van der Waals surface area contributed by atoms with Gasteiger partial charge in [0.1, 0.15) is 11.8 Å². The van der Waals surface area contributed by atoms with E-state index in [0.29, 0.717) is 0 Å². The molecule has 35 heavy (non-hydrogen) atoms. The van der Waals surface area contributed by atoms with Gasteiger partial charge in [-0.1, -0.05) is 24.3 Å². The van der Waals surface area contributed by atoms with Crippen LogP contribution < -0.4 is 0 Å². The van der Waals surface area contributed by atoms with Crippen LogP contribution in [-0.2, 0) is 28.6 Å². The molecule has 1 heterocycles. The average molecular weight is 480 g/mol. The molecule has 11 nitrogen and oxygen atoms in total. The largest absolute Gasteiger partial charge is 0.455 e. The number of aliphatic hydroxyl groups is 1. The van der Waals surface area contributed by atoms with Gasteiger partial charge in [-0.3, -0.25) is 24.0 Å². The number of nitriles is 1. The Morgan fingerprint density at radius 2 is 1.57 bits per heavy atom. The SMILES string of the molecule is CC(=O)O[C@@H]1c2c(c3c(n2C#N)C(=O)c2ccccc2C3=O)[C@H](O)[C@@H](OC(C)=O)[C@]1(C)OC(C)=O. The summed E-state index contributed by atoms with van der Waals surface area (Å²) in [4.78, 5) is 63.0. The minimum Gasteiger partial charge on any atom is -0.455 e. The number of carbonyl (C=O) groups excluding carboxylic acids is 5. The Morgan fingerprint density at radius 1 is 1.00 bits per heavy atom. The van der Waals surface area contributed by atoms with Gasteiger partial charge in [-0.2, -0.15) is 5.26 Å². The summed E-state index contributed by atoms with van der Waals surface area (Å²) in [7, 11) is 0. The van der Waals surface area contributed by atoms with Crippen LogP contribution in [-0.4, -0.2) is 50.9 Å². The van der Waals surface area contributed by atoms with E-state index in [2.05, 4.69) is 0 Å². The van der Waals surface area contributed by atoms with E-state index >= 15 is 0 Å². The molecule has 1 aromatic carbocycles. The molecule has 4 rings (SSSR count). The van der Waals surface area contributed by atoms with E-state index in [1.165, 1.54) is 19.1 Å². The second kappa shape index (κ2) is 8.18. The lowest BCUT2D eigenvalue weighted by atomic mass is 9.75. The highest BCUT2D eigenvalue weighted by atomic mass is 16.6. The molecule has 2 aliphatic rings. The van der Waals surface area contributed by atoms with E-state index in [-0.39, 0.29) is 33.6 Å². The van der Waals surface area contributed by atoms with Crippen LogP contribution in [0.2, 0.25) is 0 Å². The van der Waals surface area contributed by atoms with Gasteiger partial charge in [-0.15, -0.1) is 0 Å². The smallest absolute Gasteiger partial charge is 0.303 e. The fourth-order valence-electron chi connectivity index (χ4n) is 4.86. The number of aromatic nitrogens is 1. The molecule has 1 N–H and O–H groups in total. The first kappa shape index (κ1) is 23.8. The molecular formula is C24H20N2O9. The molecule has 2 aliphatic carbocycles. The molecule has 0 fully saturated rings. The summed E-state index contributed by atoms with van der Waals surface area (Å²) >= 11 is 0. The van der Waals surface area contributed by atoms with E-state index in [9.17, 15) is 34.3 Å². The van der Waals surface area contributed by atoms with Crippen LogP contribution in [0, 0.1) is 11.5 Å². The van der Waals surface area contributed by atoms with Crippen LogP contribution in [0.4, 0.5) is 0 Å². The third-order valence-electron chi connectivity index (χ3n) is 6.06. The maximum Gasteiger partial charge on any atom is 0.303 e. The van der Waals surface area contributed by atoms with Crippen molar-refractivity contribution in [1.82, 2.24) is 4.57 Å². The number of hydrogen-bond donors (Lipinski definition) is 1. The fourth-order valence-corrected chi connectivity index (χ4v) is 4.86. The number of benzene rings is 1. The van der Waals surface area contributed by atoms with Crippen molar-refractivity contribution in [2.45, 2.75) is 51.6 Å². The highest BCUT2D eigenvalue weighted by Gasteiger charge is 2.61. The first-order valence-corrected chi connectivity index (χ1v) is 10.5. The second-order valence-corrected chi connectivity index (χ2v) is 8.40. The van der Waals surface area contributed by atoms with Crippen molar-refractivity contribution in [1.29, 1.82) is 5.26 Å². The Balaban J connectivity index is 2.11. The first-order valence-electron chi connectivity index (χ1n) is 10.5. The molecule has 0 radical (unpaired) electrons. The zero-order valence-corrected chi connectivity index (χ0v) is 19.1. The molecule has 0 saturated heterocycles. The predicted octanol–water partition coefficient (Wildman–Crippen LogP) is 1.50. The van der Waals surface area contributed by atoms with Gasteiger partial charge < -0.3 is 19.3 Å². The minimum absolute atomic E-state index is 0.0501. The molecule has 0 bridgehead atoms. The Bertz CT molecular complexity index is 1370. The van der Waals surface area contributed by atoms with Crippen molar-refractivity contribution in [3.63, 3.8) is 0 Å². The molecule has 0 spiro atoms. The highest BCUT2D eigenvalue weighted by Crippen LogP contribution is 2.52. The average Bonchev–Trinajstić information content (AvgIpc) is 3.13. The molecule has 4 atom stereocenters. The molecule has 0 unspecified atom stereocenters. The summed E-state index contributed by atoms with van der Waals surface area (Å²) in [5.41, 5.74) is -3.00. The molecule has 2 aromatic rings. The summed E-state index contributed by atoms with van der Waals surface area (Å²) in [6.07, 6.45) is -3.29. The number of carbonyl (C=O) groups is 5. The number of esters is 3. The van der Waals surface area contributed by atoms with Crippen molar-refractivity contribution >= 4 is 29.5 Å². The zero-order valence-electron chi connectivity index (χ0n) is 19.1. The van der Waals surface area contributed by atoms with Crippen LogP contribution in [0.25, 0.3) is 0 Å². The molecule has 180 valence electrons. The number of nitrogens with zero attached hydrogens (tertiary/aromatic N) is 2. The summed E-state index contributed by atoms with van der Waals surface area (Å²) < 4.78 is 17.0. The monoisotopic (exact) mass is 480 g/mol. The number of rotatable bonds is 3. The van der Waals surface area contributed by atoms with Gasteiger partial charge in [-0.25, -0.2) is 4.57 Å². The van der Waals surface area contributed by atoms with Crippen molar-refractivity contribution in [2.75, 3.05) is 0 Å². The van der Waals surface area contributed by atoms with Crippen molar-refractivity contribution in [3.8, 4) is 6.19 Å². The topological polar surface area (TPSA) is 162 Å². The summed E-state index contributed by atoms with van der Waals surface area (Å²) in [6.45, 7) is 4.43. The quantitative estimate of drug-likeness (QED) is 0.429. The summed E-state index contributed by atoms with van der Waals surface area (Å²) in [5, 5.41) is 21.4. The number of aliphatic hydroxyl groups excluding tert-OH is 1. The third-order valence-corrected chi connectivity index (χ3v) is 6.06. The van der Waals surface area contributed by atoms with Gasteiger partial charge in [-0.05, 0) is 6.92 Å². The van der Waals surface area contributed by atoms with E-state index in [4.69, 9.17) is 14.2 Å². The number of ether oxygens (including phenoxy) is 3. The molecule has 11 heteroatoms. The Labute approximate surface area is 198 Å². The lowest BCUT2D eigenvalue weighted by molar-refractivity contribution is -0.230. The second-order valence-electron chi connectivity index (χ2n) is 8.40. The number of ketones is 2. The maximum absolute atomic E-state index is 13.5. The van der Waals surface area contributed by atoms with E-state index in [0.717, 1.165) is 25.3 Å². The highest BCUT2D eigenvalue weighted by molar-refractivity contribution is 6.28. The van der Waals surface area contributed by atoms with Gasteiger partial charge in [0.05, 0.1) is 11.3 Å². The summed E-state index contributed by atoms with van der Waals surface area (Å²) in [5.74, 6) is -3.91. The predicted molar refractivity (Wildman–Crippen MR) is 114 cm³/mol. The van der Waals surface area contributed by atoms with Crippen LogP contribution >= 0.6 is 0 Å². The lowest BCUT2D eigenvalue weighted by Crippen LogP contribution is -2.57. The van der Waals surface area contributed by atoms with Crippen LogP contribution in [0.15, 0.2) is 24.3 Å². The Kier molecular flexibility index (Phi) is 5.57. The van der Waals surface area contributed by atoms with Gasteiger partial charge in [0.25, 0.3) is 0 Å². The molecule has 0 aliphatic heterocycles. The van der Waals surface area contributed by atoms with Crippen LogP contribution in [0.5, 0.6) is 0 Å². The van der Waals surface area contributed by atoms with Crippen molar-refractivity contribution in [2.24, 2.45) is 0 Å². The van der Waals surface area contributed by atoms with Gasteiger partial charge in [0.2, 0.25) is 5.78 Å². The number of hydrogen-bond acceptors (Lipinski definition) is 10. The molecule has 1 aromatic heterocycles. The standard InChI is InChI=1S/C24H20N2O9/c1-10(27)33-22-18-16(21(32)23(34-11(2)28)24(22,4)35-12(3)29)15-17(26(18)9-25)20(31)14-8-6-5-7-13(14)19(15)30/h5-8,21-23,32H,1-4H3/t21-,22+,23+,24+/m0/s1. The lowest BCUT2D eigenvalue weighted by Gasteiger charge is -2.46. The van der Waals surface area contributed by atoms with E-state index in [1.807, 2.05) is 6.19 Å². The van der Waals surface area contributed by atoms with Gasteiger partial charge in [0, 0.05) is 37.5 Å². The van der Waals surface area contributed by atoms with Gasteiger partial charge in [0.15, 0.2) is 29.8 Å². The summed E-state index contributed by atoms with van der Waals surface area (Å²) in [6, 6.07) is 5.97. The minimum atomic E-state index is -2.02. The van der Waals surface area contributed by atoms with Crippen LogP contribution in [0.3, 0.4) is 0 Å². The maximum atomic E-state index is 13.5. The molecule has 0 saturated carbocycles.